The van der Waals surface area contributed by atoms with Crippen molar-refractivity contribution in [2.75, 3.05) is 0 Å². The van der Waals surface area contributed by atoms with Crippen LogP contribution in [-0.2, 0) is 0 Å². The Balaban J connectivity index is 3.37. The summed E-state index contributed by atoms with van der Waals surface area (Å²) in [5, 5.41) is 2.12. The Hall–Kier alpha value is -0.570. The molecule has 0 aromatic heterocycles. The Kier molecular flexibility index (Phi) is 3.09. The molecule has 1 nitrogen and oxygen atoms in total. The molecule has 0 spiro atoms. The van der Waals surface area contributed by atoms with Gasteiger partial charge in [0.15, 0.2) is 5.82 Å². The van der Waals surface area contributed by atoms with Gasteiger partial charge in [-0.25, -0.2) is 4.39 Å². The normalized spacial score (nSPS) is 9.25. The fourth-order valence-electron chi connectivity index (χ4n) is 0.845. The van der Waals surface area contributed by atoms with Gasteiger partial charge in [-0.15, -0.1) is 0 Å². The highest BCUT2D eigenvalue weighted by molar-refractivity contribution is 9.10. The van der Waals surface area contributed by atoms with Crippen molar-refractivity contribution in [3.05, 3.63) is 28.0 Å². The predicted molar refractivity (Wildman–Crippen MR) is 53.5 cm³/mol. The molecule has 0 unspecified atom stereocenters. The highest BCUT2D eigenvalue weighted by atomic mass is 79.9. The van der Waals surface area contributed by atoms with Crippen LogP contribution in [0, 0.1) is 12.7 Å². The van der Waals surface area contributed by atoms with Crippen LogP contribution in [0.2, 0.25) is 0 Å². The second-order valence-electron chi connectivity index (χ2n) is 2.28. The van der Waals surface area contributed by atoms with Gasteiger partial charge in [-0.1, -0.05) is 0 Å². The number of halogens is 2. The SMILES string of the molecule is Cc1cc(F)c(N=C=S)c(Br)c1. The first-order chi connectivity index (χ1) is 5.65. The van der Waals surface area contributed by atoms with E-state index in [1.807, 2.05) is 0 Å². The number of benzene rings is 1. The number of nitrogens with zero attached hydrogens (tertiary/aromatic N) is 1. The van der Waals surface area contributed by atoms with Gasteiger partial charge >= 0.3 is 0 Å². The molecule has 0 aliphatic carbocycles. The van der Waals surface area contributed by atoms with Crippen LogP contribution in [0.15, 0.2) is 21.6 Å². The van der Waals surface area contributed by atoms with E-state index in [0.29, 0.717) is 4.47 Å². The fraction of sp³-hybridized carbons (Fsp3) is 0.125. The molecule has 0 radical (unpaired) electrons. The third-order valence-corrected chi connectivity index (χ3v) is 2.01. The summed E-state index contributed by atoms with van der Waals surface area (Å²) in [6.07, 6.45) is 0. The molecule has 1 rings (SSSR count). The van der Waals surface area contributed by atoms with Gasteiger partial charge in [0.25, 0.3) is 0 Å². The first-order valence-electron chi connectivity index (χ1n) is 3.18. The summed E-state index contributed by atoms with van der Waals surface area (Å²) in [5.41, 5.74) is 1.04. The Morgan fingerprint density at radius 3 is 2.75 bits per heavy atom. The molecule has 62 valence electrons. The van der Waals surface area contributed by atoms with Gasteiger partial charge < -0.3 is 0 Å². The highest BCUT2D eigenvalue weighted by Crippen LogP contribution is 2.29. The Bertz CT molecular complexity index is 335. The molecule has 12 heavy (non-hydrogen) atoms. The quantitative estimate of drug-likeness (QED) is 0.544. The second-order valence-corrected chi connectivity index (χ2v) is 3.32. The summed E-state index contributed by atoms with van der Waals surface area (Å²) >= 11 is 7.56. The topological polar surface area (TPSA) is 12.4 Å². The van der Waals surface area contributed by atoms with E-state index in [1.165, 1.54) is 6.07 Å². The minimum absolute atomic E-state index is 0.204. The molecule has 0 heterocycles. The summed E-state index contributed by atoms with van der Waals surface area (Å²) in [7, 11) is 0. The van der Waals surface area contributed by atoms with E-state index >= 15 is 0 Å². The molecule has 1 aromatic rings. The smallest absolute Gasteiger partial charge is 0.151 e. The van der Waals surface area contributed by atoms with E-state index < -0.39 is 0 Å². The molecule has 0 aliphatic heterocycles. The van der Waals surface area contributed by atoms with Crippen LogP contribution in [0.5, 0.6) is 0 Å². The van der Waals surface area contributed by atoms with Crippen LogP contribution in [0.1, 0.15) is 5.56 Å². The minimum atomic E-state index is -0.390. The van der Waals surface area contributed by atoms with Crippen molar-refractivity contribution in [1.82, 2.24) is 0 Å². The average molecular weight is 246 g/mol. The van der Waals surface area contributed by atoms with Crippen molar-refractivity contribution in [3.8, 4) is 0 Å². The lowest BCUT2D eigenvalue weighted by molar-refractivity contribution is 0.628. The molecule has 0 saturated heterocycles. The average Bonchev–Trinajstić information content (AvgIpc) is 1.96. The lowest BCUT2D eigenvalue weighted by Crippen LogP contribution is -1.80. The molecule has 0 amide bonds. The first-order valence-corrected chi connectivity index (χ1v) is 4.39. The van der Waals surface area contributed by atoms with E-state index in [9.17, 15) is 4.39 Å². The minimum Gasteiger partial charge on any atom is -0.205 e. The van der Waals surface area contributed by atoms with Gasteiger partial charge in [-0.05, 0) is 52.8 Å². The summed E-state index contributed by atoms with van der Waals surface area (Å²) in [6.45, 7) is 1.80. The maximum atomic E-state index is 13.1. The van der Waals surface area contributed by atoms with Crippen molar-refractivity contribution in [2.45, 2.75) is 6.92 Å². The van der Waals surface area contributed by atoms with Crippen LogP contribution >= 0.6 is 28.1 Å². The molecular formula is C8H5BrFNS. The number of aryl methyl sites for hydroxylation is 1. The van der Waals surface area contributed by atoms with E-state index in [0.717, 1.165) is 5.56 Å². The van der Waals surface area contributed by atoms with Gasteiger partial charge in [0.1, 0.15) is 5.69 Å². The number of hydrogen-bond acceptors (Lipinski definition) is 2. The predicted octanol–water partition coefficient (Wildman–Crippen LogP) is 3.63. The molecule has 0 N–H and O–H groups in total. The van der Waals surface area contributed by atoms with Crippen LogP contribution in [-0.4, -0.2) is 5.16 Å². The first kappa shape index (κ1) is 9.52. The summed E-state index contributed by atoms with van der Waals surface area (Å²) in [4.78, 5) is 3.59. The summed E-state index contributed by atoms with van der Waals surface area (Å²) in [6, 6.07) is 3.17. The number of isothiocyanates is 1. The largest absolute Gasteiger partial charge is 0.205 e. The van der Waals surface area contributed by atoms with Gasteiger partial charge in [0.2, 0.25) is 0 Å². The third kappa shape index (κ3) is 1.97. The lowest BCUT2D eigenvalue weighted by Gasteiger charge is -1.99. The molecule has 4 heteroatoms. The Morgan fingerprint density at radius 2 is 2.25 bits per heavy atom. The third-order valence-electron chi connectivity index (χ3n) is 1.32. The molecule has 1 aromatic carbocycles. The number of hydrogen-bond donors (Lipinski definition) is 0. The zero-order valence-electron chi connectivity index (χ0n) is 6.27. The van der Waals surface area contributed by atoms with Crippen LogP contribution in [0.25, 0.3) is 0 Å². The van der Waals surface area contributed by atoms with Crippen molar-refractivity contribution in [2.24, 2.45) is 4.99 Å². The van der Waals surface area contributed by atoms with Crippen molar-refractivity contribution in [3.63, 3.8) is 0 Å². The molecular weight excluding hydrogens is 241 g/mol. The van der Waals surface area contributed by atoms with Crippen LogP contribution in [0.4, 0.5) is 10.1 Å². The Labute approximate surface area is 83.4 Å². The molecule has 0 atom stereocenters. The van der Waals surface area contributed by atoms with E-state index in [4.69, 9.17) is 0 Å². The maximum absolute atomic E-state index is 13.1. The van der Waals surface area contributed by atoms with E-state index in [1.54, 1.807) is 13.0 Å². The number of rotatable bonds is 1. The zero-order chi connectivity index (χ0) is 9.14. The van der Waals surface area contributed by atoms with Gasteiger partial charge in [-0.2, -0.15) is 4.99 Å². The maximum Gasteiger partial charge on any atom is 0.151 e. The highest BCUT2D eigenvalue weighted by Gasteiger charge is 2.05. The van der Waals surface area contributed by atoms with Gasteiger partial charge in [0, 0.05) is 4.47 Å². The van der Waals surface area contributed by atoms with Crippen molar-refractivity contribution >= 4 is 39.0 Å². The lowest BCUT2D eigenvalue weighted by atomic mass is 10.2. The second kappa shape index (κ2) is 3.90. The molecule has 0 bridgehead atoms. The summed E-state index contributed by atoms with van der Waals surface area (Å²) in [5.74, 6) is -0.390. The van der Waals surface area contributed by atoms with E-state index in [2.05, 4.69) is 38.3 Å². The van der Waals surface area contributed by atoms with Crippen LogP contribution in [0.3, 0.4) is 0 Å². The zero-order valence-corrected chi connectivity index (χ0v) is 8.67. The number of thiocarbonyl (C=S) groups is 1. The Morgan fingerprint density at radius 1 is 1.58 bits per heavy atom. The van der Waals surface area contributed by atoms with Crippen molar-refractivity contribution in [1.29, 1.82) is 0 Å². The van der Waals surface area contributed by atoms with Gasteiger partial charge in [0.05, 0.1) is 5.16 Å². The molecule has 0 fully saturated rings. The standard InChI is InChI=1S/C8H5BrFNS/c1-5-2-6(9)8(11-4-12)7(10)3-5/h2-3H,1H3. The number of aliphatic imine (C=N–C) groups is 1. The molecule has 0 saturated carbocycles. The summed E-state index contributed by atoms with van der Waals surface area (Å²) < 4.78 is 13.7. The van der Waals surface area contributed by atoms with Gasteiger partial charge in [-0.3, -0.25) is 0 Å². The monoisotopic (exact) mass is 245 g/mol. The molecule has 0 aliphatic rings. The fourth-order valence-corrected chi connectivity index (χ4v) is 1.58. The van der Waals surface area contributed by atoms with Crippen molar-refractivity contribution < 1.29 is 4.39 Å². The van der Waals surface area contributed by atoms with Crippen LogP contribution < -0.4 is 0 Å². The van der Waals surface area contributed by atoms with E-state index in [-0.39, 0.29) is 11.5 Å².